The minimum absolute atomic E-state index is 0.0187. The molecule has 2 nitrogen and oxygen atoms in total. The highest BCUT2D eigenvalue weighted by Gasteiger charge is 2.22. The quantitative estimate of drug-likeness (QED) is 0.253. The zero-order valence-corrected chi connectivity index (χ0v) is 22.1. The van der Waals surface area contributed by atoms with Crippen LogP contribution in [0.3, 0.4) is 0 Å². The first-order valence-corrected chi connectivity index (χ1v) is 13.3. The van der Waals surface area contributed by atoms with E-state index in [4.69, 9.17) is 9.40 Å². The van der Waals surface area contributed by atoms with Crippen molar-refractivity contribution in [2.45, 2.75) is 53.4 Å². The van der Waals surface area contributed by atoms with Gasteiger partial charge in [0.05, 0.1) is 0 Å². The molecule has 6 rings (SSSR count). The van der Waals surface area contributed by atoms with E-state index in [1.807, 2.05) is 17.5 Å². The molecule has 0 spiro atoms. The van der Waals surface area contributed by atoms with Gasteiger partial charge >= 0.3 is 0 Å². The van der Waals surface area contributed by atoms with Crippen molar-refractivity contribution in [1.29, 1.82) is 0 Å². The van der Waals surface area contributed by atoms with Gasteiger partial charge in [-0.05, 0) is 82.3 Å². The van der Waals surface area contributed by atoms with E-state index in [2.05, 4.69) is 96.1 Å². The average molecular weight is 478 g/mol. The lowest BCUT2D eigenvalue weighted by molar-refractivity contribution is 0.596. The molecule has 0 aliphatic rings. The van der Waals surface area contributed by atoms with Crippen molar-refractivity contribution in [3.8, 4) is 11.3 Å². The van der Waals surface area contributed by atoms with Gasteiger partial charge in [0.25, 0.3) is 0 Å². The number of aromatic nitrogens is 1. The first-order chi connectivity index (χ1) is 16.7. The summed E-state index contributed by atoms with van der Waals surface area (Å²) in [4.78, 5) is 6.34. The standard InChI is InChI=1S/C32H31NOS/c1-18(2)15-27-19(3)22-11-12-26-28(31(22)35-27)24-13-14-33-29(30(24)34-26)21-16-20-9-7-8-10-23(20)25(17-21)32(4,5)6/h7-14,16-18H,15H2,1-6H3. The lowest BCUT2D eigenvalue weighted by Gasteiger charge is -2.22. The smallest absolute Gasteiger partial charge is 0.161 e. The molecule has 0 radical (unpaired) electrons. The van der Waals surface area contributed by atoms with E-state index in [0.29, 0.717) is 5.92 Å². The van der Waals surface area contributed by atoms with Gasteiger partial charge in [0.2, 0.25) is 0 Å². The Morgan fingerprint density at radius 2 is 1.74 bits per heavy atom. The predicted octanol–water partition coefficient (Wildman–Crippen LogP) is 9.82. The van der Waals surface area contributed by atoms with Crippen LogP contribution in [0.1, 0.15) is 50.6 Å². The molecule has 0 saturated heterocycles. The number of fused-ring (bicyclic) bond motifs is 6. The van der Waals surface area contributed by atoms with Crippen LogP contribution in [0.4, 0.5) is 0 Å². The third kappa shape index (κ3) is 3.56. The maximum atomic E-state index is 6.56. The summed E-state index contributed by atoms with van der Waals surface area (Å²) >= 11 is 1.93. The molecule has 0 amide bonds. The van der Waals surface area contributed by atoms with Crippen LogP contribution in [-0.4, -0.2) is 4.98 Å². The van der Waals surface area contributed by atoms with Crippen LogP contribution < -0.4 is 0 Å². The molecule has 176 valence electrons. The Bertz CT molecular complexity index is 1740. The van der Waals surface area contributed by atoms with Crippen molar-refractivity contribution in [3.05, 3.63) is 76.8 Å². The molecule has 3 heteroatoms. The normalized spacial score (nSPS) is 12.7. The second-order valence-corrected chi connectivity index (χ2v) is 12.3. The summed E-state index contributed by atoms with van der Waals surface area (Å²) in [5.41, 5.74) is 6.60. The molecule has 0 unspecified atom stereocenters. The highest BCUT2D eigenvalue weighted by molar-refractivity contribution is 7.20. The lowest BCUT2D eigenvalue weighted by atomic mass is 9.82. The zero-order chi connectivity index (χ0) is 24.5. The molecule has 0 N–H and O–H groups in total. The van der Waals surface area contributed by atoms with Crippen molar-refractivity contribution in [2.24, 2.45) is 5.92 Å². The maximum absolute atomic E-state index is 6.56. The molecule has 0 fully saturated rings. The van der Waals surface area contributed by atoms with E-state index in [0.717, 1.165) is 34.2 Å². The summed E-state index contributed by atoms with van der Waals surface area (Å²) in [5.74, 6) is 0.638. The fraction of sp³-hybridized carbons (Fsp3) is 0.281. The summed E-state index contributed by atoms with van der Waals surface area (Å²) < 4.78 is 7.89. The summed E-state index contributed by atoms with van der Waals surface area (Å²) in [7, 11) is 0. The van der Waals surface area contributed by atoms with E-state index in [1.165, 1.54) is 42.2 Å². The number of furan rings is 1. The Labute approximate surface area is 210 Å². The monoisotopic (exact) mass is 477 g/mol. The topological polar surface area (TPSA) is 26.0 Å². The number of rotatable bonds is 3. The number of hydrogen-bond donors (Lipinski definition) is 0. The molecule has 6 aromatic rings. The van der Waals surface area contributed by atoms with E-state index in [1.54, 1.807) is 0 Å². The molecule has 0 aliphatic heterocycles. The Hall–Kier alpha value is -3.17. The number of nitrogens with zero attached hydrogens (tertiary/aromatic N) is 1. The molecule has 0 atom stereocenters. The van der Waals surface area contributed by atoms with Crippen molar-refractivity contribution >= 4 is 54.1 Å². The second kappa shape index (κ2) is 7.93. The minimum Gasteiger partial charge on any atom is -0.454 e. The number of thiophene rings is 1. The highest BCUT2D eigenvalue weighted by atomic mass is 32.1. The van der Waals surface area contributed by atoms with Gasteiger partial charge in [-0.15, -0.1) is 11.3 Å². The maximum Gasteiger partial charge on any atom is 0.161 e. The van der Waals surface area contributed by atoms with Gasteiger partial charge in [-0.3, -0.25) is 4.98 Å². The Kier molecular flexibility index (Phi) is 5.05. The number of benzene rings is 3. The van der Waals surface area contributed by atoms with Crippen LogP contribution in [0, 0.1) is 12.8 Å². The molecule has 3 aromatic heterocycles. The Morgan fingerprint density at radius 1 is 0.943 bits per heavy atom. The van der Waals surface area contributed by atoms with E-state index in [9.17, 15) is 0 Å². The first kappa shape index (κ1) is 22.3. The third-order valence-electron chi connectivity index (χ3n) is 7.09. The van der Waals surface area contributed by atoms with Gasteiger partial charge in [0.1, 0.15) is 11.3 Å². The van der Waals surface area contributed by atoms with Gasteiger partial charge in [-0.1, -0.05) is 58.9 Å². The highest BCUT2D eigenvalue weighted by Crippen LogP contribution is 2.44. The predicted molar refractivity (Wildman–Crippen MR) is 152 cm³/mol. The third-order valence-corrected chi connectivity index (χ3v) is 8.44. The molecule has 0 aliphatic carbocycles. The summed E-state index contributed by atoms with van der Waals surface area (Å²) in [6, 6.07) is 19.7. The van der Waals surface area contributed by atoms with Gasteiger partial charge in [-0.25, -0.2) is 0 Å². The van der Waals surface area contributed by atoms with E-state index < -0.39 is 0 Å². The largest absolute Gasteiger partial charge is 0.454 e. The average Bonchev–Trinajstić information content (AvgIpc) is 3.34. The number of aryl methyl sites for hydroxylation is 1. The van der Waals surface area contributed by atoms with E-state index >= 15 is 0 Å². The van der Waals surface area contributed by atoms with Gasteiger partial charge in [0.15, 0.2) is 5.58 Å². The fourth-order valence-electron chi connectivity index (χ4n) is 5.35. The number of hydrogen-bond acceptors (Lipinski definition) is 3. The van der Waals surface area contributed by atoms with Crippen molar-refractivity contribution < 1.29 is 4.42 Å². The summed E-state index contributed by atoms with van der Waals surface area (Å²) in [6.07, 6.45) is 3.05. The van der Waals surface area contributed by atoms with Crippen LogP contribution in [0.25, 0.3) is 54.1 Å². The van der Waals surface area contributed by atoms with Crippen LogP contribution in [0.15, 0.2) is 65.2 Å². The molecule has 0 saturated carbocycles. The fourth-order valence-corrected chi connectivity index (χ4v) is 6.92. The van der Waals surface area contributed by atoms with Crippen LogP contribution in [0.5, 0.6) is 0 Å². The molecular weight excluding hydrogens is 446 g/mol. The Balaban J connectivity index is 1.65. The van der Waals surface area contributed by atoms with Crippen LogP contribution >= 0.6 is 11.3 Å². The van der Waals surface area contributed by atoms with Gasteiger partial charge in [0, 0.05) is 32.1 Å². The van der Waals surface area contributed by atoms with Gasteiger partial charge < -0.3 is 4.42 Å². The van der Waals surface area contributed by atoms with E-state index in [-0.39, 0.29) is 5.41 Å². The minimum atomic E-state index is 0.0187. The van der Waals surface area contributed by atoms with Crippen LogP contribution in [-0.2, 0) is 11.8 Å². The molecule has 35 heavy (non-hydrogen) atoms. The van der Waals surface area contributed by atoms with Crippen molar-refractivity contribution in [1.82, 2.24) is 4.98 Å². The lowest BCUT2D eigenvalue weighted by Crippen LogP contribution is -2.12. The van der Waals surface area contributed by atoms with Crippen molar-refractivity contribution in [3.63, 3.8) is 0 Å². The molecule has 3 heterocycles. The SMILES string of the molecule is Cc1c(CC(C)C)sc2c1ccc1oc3c(-c4cc(C(C)(C)C)c5ccccc5c4)nccc3c12. The number of pyridine rings is 1. The molecule has 0 bridgehead atoms. The molecule has 3 aromatic carbocycles. The second-order valence-electron chi connectivity index (χ2n) is 11.2. The van der Waals surface area contributed by atoms with Crippen LogP contribution in [0.2, 0.25) is 0 Å². The zero-order valence-electron chi connectivity index (χ0n) is 21.3. The van der Waals surface area contributed by atoms with Crippen molar-refractivity contribution in [2.75, 3.05) is 0 Å². The first-order valence-electron chi connectivity index (χ1n) is 12.5. The Morgan fingerprint density at radius 3 is 2.51 bits per heavy atom. The summed E-state index contributed by atoms with van der Waals surface area (Å²) in [6.45, 7) is 13.7. The molecular formula is C32H31NOS. The van der Waals surface area contributed by atoms with Gasteiger partial charge in [-0.2, -0.15) is 0 Å². The summed E-state index contributed by atoms with van der Waals surface area (Å²) in [5, 5.41) is 6.26.